The van der Waals surface area contributed by atoms with Crippen LogP contribution in [-0.4, -0.2) is 44.0 Å². The number of sulfone groups is 1. The van der Waals surface area contributed by atoms with Gasteiger partial charge in [-0.1, -0.05) is 34.8 Å². The summed E-state index contributed by atoms with van der Waals surface area (Å²) in [7, 11) is -3.52. The zero-order valence-electron chi connectivity index (χ0n) is 16.0. The molecular weight excluding hydrogens is 471 g/mol. The highest BCUT2D eigenvalue weighted by molar-refractivity contribution is 7.90. The number of likely N-dealkylation sites (tertiary alicyclic amines) is 1. The summed E-state index contributed by atoms with van der Waals surface area (Å²) in [6.45, 7) is 0.359. The molecule has 2 amide bonds. The number of hydrogen-bond donors (Lipinski definition) is 1. The fourth-order valence-corrected chi connectivity index (χ4v) is 4.44. The number of nitrogens with zero attached hydrogens (tertiary/aromatic N) is 1. The normalized spacial score (nSPS) is 16.9. The average molecular weight is 490 g/mol. The Balaban J connectivity index is 1.87. The number of piperidine rings is 1. The summed E-state index contributed by atoms with van der Waals surface area (Å²) in [4.78, 5) is 27.5. The van der Waals surface area contributed by atoms with E-state index >= 15 is 0 Å². The first kappa shape index (κ1) is 22.9. The van der Waals surface area contributed by atoms with Crippen LogP contribution in [0.5, 0.6) is 0 Å². The van der Waals surface area contributed by atoms with Crippen LogP contribution in [0.4, 0.5) is 5.69 Å². The van der Waals surface area contributed by atoms with Crippen molar-refractivity contribution in [3.8, 4) is 0 Å². The van der Waals surface area contributed by atoms with Crippen molar-refractivity contribution in [2.24, 2.45) is 0 Å². The molecule has 0 aromatic heterocycles. The number of carbonyl (C=O) groups is 2. The molecule has 0 spiro atoms. The zero-order valence-corrected chi connectivity index (χ0v) is 19.1. The molecule has 1 N–H and O–H groups in total. The molecule has 10 heteroatoms. The number of anilines is 1. The van der Waals surface area contributed by atoms with Gasteiger partial charge in [-0.2, -0.15) is 0 Å². The molecule has 0 radical (unpaired) electrons. The van der Waals surface area contributed by atoms with E-state index in [1.165, 1.54) is 29.2 Å². The molecule has 3 rings (SSSR count). The van der Waals surface area contributed by atoms with E-state index in [4.69, 9.17) is 34.8 Å². The molecule has 0 saturated carbocycles. The summed E-state index contributed by atoms with van der Waals surface area (Å²) in [5.41, 5.74) is 0.512. The van der Waals surface area contributed by atoms with Crippen molar-refractivity contribution in [1.82, 2.24) is 4.90 Å². The van der Waals surface area contributed by atoms with Gasteiger partial charge in [0.15, 0.2) is 9.84 Å². The first-order valence-electron chi connectivity index (χ1n) is 9.14. The SMILES string of the molecule is CS(=O)(=O)c1ccc(Cl)c(C(=O)N2CCCCC2C(=O)Nc2ccc(Cl)c(Cl)c2)c1. The van der Waals surface area contributed by atoms with Gasteiger partial charge in [0.2, 0.25) is 5.91 Å². The average Bonchev–Trinajstić information content (AvgIpc) is 2.69. The Kier molecular flexibility index (Phi) is 6.97. The van der Waals surface area contributed by atoms with Gasteiger partial charge in [-0.3, -0.25) is 9.59 Å². The molecule has 1 fully saturated rings. The topological polar surface area (TPSA) is 83.6 Å². The highest BCUT2D eigenvalue weighted by atomic mass is 35.5. The summed E-state index contributed by atoms with van der Waals surface area (Å²) in [6.07, 6.45) is 3.03. The summed E-state index contributed by atoms with van der Waals surface area (Å²) >= 11 is 18.1. The largest absolute Gasteiger partial charge is 0.327 e. The number of nitrogens with one attached hydrogen (secondary N) is 1. The van der Waals surface area contributed by atoms with Crippen LogP contribution in [0.25, 0.3) is 0 Å². The van der Waals surface area contributed by atoms with Crippen molar-refractivity contribution in [3.63, 3.8) is 0 Å². The smallest absolute Gasteiger partial charge is 0.256 e. The Morgan fingerprint density at radius 2 is 1.70 bits per heavy atom. The van der Waals surface area contributed by atoms with Gasteiger partial charge in [0, 0.05) is 18.5 Å². The summed E-state index contributed by atoms with van der Waals surface area (Å²) in [6, 6.07) is 7.97. The van der Waals surface area contributed by atoms with Crippen molar-refractivity contribution in [1.29, 1.82) is 0 Å². The van der Waals surface area contributed by atoms with Gasteiger partial charge >= 0.3 is 0 Å². The van der Waals surface area contributed by atoms with Crippen molar-refractivity contribution in [3.05, 3.63) is 57.0 Å². The highest BCUT2D eigenvalue weighted by Crippen LogP contribution is 2.28. The van der Waals surface area contributed by atoms with E-state index in [1.807, 2.05) is 0 Å². The second-order valence-corrected chi connectivity index (χ2v) is 10.3. The third-order valence-electron chi connectivity index (χ3n) is 4.85. The van der Waals surface area contributed by atoms with Crippen LogP contribution in [0.15, 0.2) is 41.3 Å². The fourth-order valence-electron chi connectivity index (χ4n) is 3.30. The van der Waals surface area contributed by atoms with E-state index in [2.05, 4.69) is 5.32 Å². The van der Waals surface area contributed by atoms with Crippen molar-refractivity contribution in [2.45, 2.75) is 30.2 Å². The molecular formula is C20H19Cl3N2O4S. The van der Waals surface area contributed by atoms with E-state index in [0.29, 0.717) is 28.7 Å². The molecule has 1 aliphatic heterocycles. The number of hydrogen-bond acceptors (Lipinski definition) is 4. The first-order valence-corrected chi connectivity index (χ1v) is 12.2. The minimum absolute atomic E-state index is 0.0101. The van der Waals surface area contributed by atoms with Crippen molar-refractivity contribution in [2.75, 3.05) is 18.1 Å². The number of halogens is 3. The van der Waals surface area contributed by atoms with Gasteiger partial charge < -0.3 is 10.2 Å². The number of carbonyl (C=O) groups excluding carboxylic acids is 2. The third kappa shape index (κ3) is 5.09. The zero-order chi connectivity index (χ0) is 22.1. The number of benzene rings is 2. The lowest BCUT2D eigenvalue weighted by atomic mass is 9.99. The number of rotatable bonds is 4. The molecule has 1 atom stereocenters. The molecule has 0 aliphatic carbocycles. The lowest BCUT2D eigenvalue weighted by Gasteiger charge is -2.35. The predicted octanol–water partition coefficient (Wildman–Crippen LogP) is 4.68. The van der Waals surface area contributed by atoms with Crippen LogP contribution in [-0.2, 0) is 14.6 Å². The Labute approximate surface area is 190 Å². The predicted molar refractivity (Wildman–Crippen MR) is 118 cm³/mol. The van der Waals surface area contributed by atoms with E-state index in [0.717, 1.165) is 19.1 Å². The Morgan fingerprint density at radius 1 is 1.00 bits per heavy atom. The Hall–Kier alpha value is -1.80. The second kappa shape index (κ2) is 9.14. The van der Waals surface area contributed by atoms with Gasteiger partial charge in [-0.05, 0) is 55.7 Å². The van der Waals surface area contributed by atoms with Crippen molar-refractivity contribution < 1.29 is 18.0 Å². The molecule has 2 aromatic rings. The maximum atomic E-state index is 13.2. The minimum atomic E-state index is -3.52. The van der Waals surface area contributed by atoms with Gasteiger partial charge in [0.05, 0.1) is 25.5 Å². The van der Waals surface area contributed by atoms with E-state index in [1.54, 1.807) is 12.1 Å². The maximum absolute atomic E-state index is 13.2. The molecule has 2 aromatic carbocycles. The summed E-state index contributed by atoms with van der Waals surface area (Å²) in [5.74, 6) is -0.851. The molecule has 1 aliphatic rings. The molecule has 0 bridgehead atoms. The molecule has 30 heavy (non-hydrogen) atoms. The van der Waals surface area contributed by atoms with Crippen LogP contribution in [0, 0.1) is 0 Å². The molecule has 1 unspecified atom stereocenters. The quantitative estimate of drug-likeness (QED) is 0.676. The Bertz CT molecular complexity index is 1110. The maximum Gasteiger partial charge on any atom is 0.256 e. The highest BCUT2D eigenvalue weighted by Gasteiger charge is 2.34. The monoisotopic (exact) mass is 488 g/mol. The molecule has 160 valence electrons. The second-order valence-electron chi connectivity index (χ2n) is 7.04. The van der Waals surface area contributed by atoms with Crippen LogP contribution in [0.2, 0.25) is 15.1 Å². The Morgan fingerprint density at radius 3 is 2.37 bits per heavy atom. The van der Waals surface area contributed by atoms with E-state index in [9.17, 15) is 18.0 Å². The summed E-state index contributed by atoms with van der Waals surface area (Å²) < 4.78 is 23.7. The summed E-state index contributed by atoms with van der Waals surface area (Å²) in [5, 5.41) is 3.55. The fraction of sp³-hybridized carbons (Fsp3) is 0.300. The lowest BCUT2D eigenvalue weighted by molar-refractivity contribution is -0.121. The van der Waals surface area contributed by atoms with Gasteiger partial charge in [0.25, 0.3) is 5.91 Å². The van der Waals surface area contributed by atoms with Crippen LogP contribution in [0.3, 0.4) is 0 Å². The number of amides is 2. The van der Waals surface area contributed by atoms with Crippen LogP contribution < -0.4 is 5.32 Å². The van der Waals surface area contributed by atoms with Gasteiger partial charge in [-0.15, -0.1) is 0 Å². The molecule has 6 nitrogen and oxygen atoms in total. The lowest BCUT2D eigenvalue weighted by Crippen LogP contribution is -2.50. The van der Waals surface area contributed by atoms with Gasteiger partial charge in [0.1, 0.15) is 6.04 Å². The van der Waals surface area contributed by atoms with E-state index < -0.39 is 21.8 Å². The molecule has 1 heterocycles. The van der Waals surface area contributed by atoms with Crippen molar-refractivity contribution >= 4 is 62.1 Å². The van der Waals surface area contributed by atoms with Crippen LogP contribution >= 0.6 is 34.8 Å². The standard InChI is InChI=1S/C20H19Cl3N2O4S/c1-30(28,29)13-6-8-15(21)14(11-13)20(27)25-9-3-2-4-18(25)19(26)24-12-5-7-16(22)17(23)10-12/h5-8,10-11,18H,2-4,9H2,1H3,(H,24,26). The molecule has 1 saturated heterocycles. The first-order chi connectivity index (χ1) is 14.1. The van der Waals surface area contributed by atoms with Crippen LogP contribution in [0.1, 0.15) is 29.6 Å². The van der Waals surface area contributed by atoms with Gasteiger partial charge in [-0.25, -0.2) is 8.42 Å². The van der Waals surface area contributed by atoms with E-state index in [-0.39, 0.29) is 21.4 Å². The third-order valence-corrected chi connectivity index (χ3v) is 7.03. The minimum Gasteiger partial charge on any atom is -0.327 e.